The summed E-state index contributed by atoms with van der Waals surface area (Å²) in [5.74, 6) is -2.54. The summed E-state index contributed by atoms with van der Waals surface area (Å²) in [5.41, 5.74) is 0. The first-order valence-corrected chi connectivity index (χ1v) is 7.20. The van der Waals surface area contributed by atoms with Crippen LogP contribution in [0.3, 0.4) is 0 Å². The lowest BCUT2D eigenvalue weighted by atomic mass is 9.96. The van der Waals surface area contributed by atoms with Crippen LogP contribution < -0.4 is 5.32 Å². The van der Waals surface area contributed by atoms with Gasteiger partial charge in [0.1, 0.15) is 18.8 Å². The van der Waals surface area contributed by atoms with Crippen molar-refractivity contribution in [1.82, 2.24) is 5.32 Å². The highest BCUT2D eigenvalue weighted by molar-refractivity contribution is 5.73. The Hall–Kier alpha value is -2.20. The molecule has 0 bridgehead atoms. The summed E-state index contributed by atoms with van der Waals surface area (Å²) in [7, 11) is 0. The lowest BCUT2D eigenvalue weighted by Crippen LogP contribution is -2.66. The van der Waals surface area contributed by atoms with Crippen molar-refractivity contribution < 1.29 is 43.2 Å². The number of hydrogen-bond donors (Lipinski definition) is 2. The second kappa shape index (κ2) is 8.60. The molecule has 0 aromatic heterocycles. The van der Waals surface area contributed by atoms with Gasteiger partial charge in [0.15, 0.2) is 18.5 Å². The summed E-state index contributed by atoms with van der Waals surface area (Å²) in [4.78, 5) is 45.0. The van der Waals surface area contributed by atoms with Gasteiger partial charge in [-0.05, 0) is 0 Å². The number of nitrogens with one attached hydrogen (secondary N) is 1. The number of hydrogen-bond acceptors (Lipinski definition) is 9. The first-order chi connectivity index (χ1) is 11.1. The average Bonchev–Trinajstić information content (AvgIpc) is 2.42. The minimum absolute atomic E-state index is 0.338. The molecule has 1 fully saturated rings. The van der Waals surface area contributed by atoms with Crippen molar-refractivity contribution in [3.63, 3.8) is 0 Å². The zero-order valence-electron chi connectivity index (χ0n) is 13.8. The molecule has 1 heterocycles. The third-order valence-electron chi connectivity index (χ3n) is 3.09. The molecule has 2 N–H and O–H groups in total. The van der Waals surface area contributed by atoms with Crippen molar-refractivity contribution in [3.8, 4) is 0 Å². The Balaban J connectivity index is 3.11. The van der Waals surface area contributed by atoms with Gasteiger partial charge >= 0.3 is 17.9 Å². The smallest absolute Gasteiger partial charge is 0.303 e. The van der Waals surface area contributed by atoms with Crippen LogP contribution in [0.5, 0.6) is 0 Å². The van der Waals surface area contributed by atoms with Crippen LogP contribution in [-0.2, 0) is 38.1 Å². The molecule has 0 spiro atoms. The van der Waals surface area contributed by atoms with E-state index < -0.39 is 54.5 Å². The van der Waals surface area contributed by atoms with Gasteiger partial charge in [-0.25, -0.2) is 0 Å². The number of ether oxygens (including phenoxy) is 4. The predicted octanol–water partition coefficient (Wildman–Crippen LogP) is -1.37. The van der Waals surface area contributed by atoms with E-state index in [9.17, 15) is 24.3 Å². The lowest BCUT2D eigenvalue weighted by molar-refractivity contribution is -0.264. The normalized spacial score (nSPS) is 29.3. The second-order valence-corrected chi connectivity index (χ2v) is 5.24. The third kappa shape index (κ3) is 5.78. The summed E-state index contributed by atoms with van der Waals surface area (Å²) in [6.45, 7) is 4.28. The Morgan fingerprint density at radius 1 is 0.958 bits per heavy atom. The van der Waals surface area contributed by atoms with Gasteiger partial charge in [0.25, 0.3) is 0 Å². The van der Waals surface area contributed by atoms with Gasteiger partial charge in [0.05, 0.1) is 0 Å². The third-order valence-corrected chi connectivity index (χ3v) is 3.09. The molecule has 1 aliphatic rings. The summed E-state index contributed by atoms with van der Waals surface area (Å²) in [6, 6.07) is -1.16. The standard InChI is InChI=1S/C14H21NO9/c1-6(16)15-11-13(23-9(4)19)12(22-8(3)18)10(24-14(11)20)5-21-7(2)17/h10-14,20H,5H2,1-4H3,(H,15,16)/t10-,11+,12-,13-,14+/m1/s1. The summed E-state index contributed by atoms with van der Waals surface area (Å²) in [5, 5.41) is 12.5. The molecule has 0 aromatic carbocycles. The van der Waals surface area contributed by atoms with E-state index >= 15 is 0 Å². The van der Waals surface area contributed by atoms with Crippen LogP contribution in [0.4, 0.5) is 0 Å². The minimum Gasteiger partial charge on any atom is -0.463 e. The number of carbonyl (C=O) groups is 4. The van der Waals surface area contributed by atoms with Gasteiger partial charge in [0, 0.05) is 27.7 Å². The maximum Gasteiger partial charge on any atom is 0.303 e. The second-order valence-electron chi connectivity index (χ2n) is 5.24. The number of esters is 3. The first kappa shape index (κ1) is 19.8. The Morgan fingerprint density at radius 3 is 1.96 bits per heavy atom. The number of carbonyl (C=O) groups excluding carboxylic acids is 4. The molecule has 1 rings (SSSR count). The average molecular weight is 347 g/mol. The fourth-order valence-corrected chi connectivity index (χ4v) is 2.31. The largest absolute Gasteiger partial charge is 0.463 e. The van der Waals surface area contributed by atoms with E-state index in [4.69, 9.17) is 18.9 Å². The highest BCUT2D eigenvalue weighted by Crippen LogP contribution is 2.26. The quantitative estimate of drug-likeness (QED) is 0.456. The van der Waals surface area contributed by atoms with Crippen LogP contribution in [0.1, 0.15) is 27.7 Å². The molecule has 1 aliphatic heterocycles. The molecule has 0 unspecified atom stereocenters. The molecule has 0 radical (unpaired) electrons. The van der Waals surface area contributed by atoms with E-state index in [1.807, 2.05) is 0 Å². The van der Waals surface area contributed by atoms with E-state index in [0.29, 0.717) is 0 Å². The lowest BCUT2D eigenvalue weighted by Gasteiger charge is -2.43. The highest BCUT2D eigenvalue weighted by Gasteiger charge is 2.50. The molecule has 1 amide bonds. The van der Waals surface area contributed by atoms with Crippen LogP contribution in [0.15, 0.2) is 0 Å². The molecule has 24 heavy (non-hydrogen) atoms. The van der Waals surface area contributed by atoms with E-state index in [0.717, 1.165) is 13.8 Å². The van der Waals surface area contributed by atoms with E-state index in [-0.39, 0.29) is 6.61 Å². The van der Waals surface area contributed by atoms with E-state index in [1.54, 1.807) is 0 Å². The minimum atomic E-state index is -1.56. The molecule has 5 atom stereocenters. The van der Waals surface area contributed by atoms with Gasteiger partial charge in [-0.3, -0.25) is 19.2 Å². The molecule has 10 heteroatoms. The first-order valence-electron chi connectivity index (χ1n) is 7.20. The zero-order valence-corrected chi connectivity index (χ0v) is 13.8. The van der Waals surface area contributed by atoms with Gasteiger partial charge < -0.3 is 29.4 Å². The Morgan fingerprint density at radius 2 is 1.50 bits per heavy atom. The maximum atomic E-state index is 11.4. The summed E-state index contributed by atoms with van der Waals surface area (Å²) in [6.07, 6.45) is -5.06. The van der Waals surface area contributed by atoms with Gasteiger partial charge in [-0.1, -0.05) is 0 Å². The molecule has 0 aromatic rings. The zero-order chi connectivity index (χ0) is 18.4. The topological polar surface area (TPSA) is 137 Å². The molecular weight excluding hydrogens is 326 g/mol. The molecule has 0 saturated carbocycles. The van der Waals surface area contributed by atoms with Crippen molar-refractivity contribution in [2.75, 3.05) is 6.61 Å². The Labute approximate surface area is 138 Å². The Bertz CT molecular complexity index is 506. The van der Waals surface area contributed by atoms with Crippen LogP contribution >= 0.6 is 0 Å². The van der Waals surface area contributed by atoms with E-state index in [1.165, 1.54) is 13.8 Å². The van der Waals surface area contributed by atoms with Crippen LogP contribution in [0.25, 0.3) is 0 Å². The van der Waals surface area contributed by atoms with Crippen molar-refractivity contribution >= 4 is 23.8 Å². The van der Waals surface area contributed by atoms with Crippen molar-refractivity contribution in [1.29, 1.82) is 0 Å². The van der Waals surface area contributed by atoms with Crippen molar-refractivity contribution in [2.45, 2.75) is 58.3 Å². The molecule has 10 nitrogen and oxygen atoms in total. The molecule has 0 aliphatic carbocycles. The van der Waals surface area contributed by atoms with Crippen molar-refractivity contribution in [3.05, 3.63) is 0 Å². The van der Waals surface area contributed by atoms with Crippen molar-refractivity contribution in [2.24, 2.45) is 0 Å². The summed E-state index contributed by atoms with van der Waals surface area (Å²) < 4.78 is 20.3. The van der Waals surface area contributed by atoms with E-state index in [2.05, 4.69) is 5.32 Å². The van der Waals surface area contributed by atoms with Gasteiger partial charge in [0.2, 0.25) is 5.91 Å². The highest BCUT2D eigenvalue weighted by atomic mass is 16.7. The van der Waals surface area contributed by atoms with Crippen LogP contribution in [0.2, 0.25) is 0 Å². The fourth-order valence-electron chi connectivity index (χ4n) is 2.31. The summed E-state index contributed by atoms with van der Waals surface area (Å²) >= 11 is 0. The number of aliphatic hydroxyl groups is 1. The van der Waals surface area contributed by atoms with Crippen LogP contribution in [-0.4, -0.2) is 66.2 Å². The van der Waals surface area contributed by atoms with Crippen LogP contribution in [0, 0.1) is 0 Å². The SMILES string of the molecule is CC(=O)N[C@H]1[C@@H](OC(C)=O)[C@H](OC(C)=O)[C@@H](COC(C)=O)O[C@@H]1O. The molecule has 1 saturated heterocycles. The van der Waals surface area contributed by atoms with Gasteiger partial charge in [-0.15, -0.1) is 0 Å². The number of amides is 1. The number of aliphatic hydroxyl groups excluding tert-OH is 1. The maximum absolute atomic E-state index is 11.4. The van der Waals surface area contributed by atoms with Gasteiger partial charge in [-0.2, -0.15) is 0 Å². The fraction of sp³-hybridized carbons (Fsp3) is 0.714. The molecule has 136 valence electrons. The molecular formula is C14H21NO9. The monoisotopic (exact) mass is 347 g/mol. The Kier molecular flexibility index (Phi) is 7.11. The predicted molar refractivity (Wildman–Crippen MR) is 76.2 cm³/mol. The number of rotatable bonds is 5.